The van der Waals surface area contributed by atoms with Crippen molar-refractivity contribution in [1.29, 1.82) is 0 Å². The fourth-order valence-electron chi connectivity index (χ4n) is 2.12. The number of hydrogen-bond donors (Lipinski definition) is 0. The number of carbonyl (C=O) groups excluding carboxylic acids is 1. The molecule has 0 aliphatic rings. The summed E-state index contributed by atoms with van der Waals surface area (Å²) in [6.45, 7) is 2.25. The molecule has 1 amide bonds. The van der Waals surface area contributed by atoms with Gasteiger partial charge in [0.2, 0.25) is 5.75 Å². The fourth-order valence-corrected chi connectivity index (χ4v) is 2.12. The van der Waals surface area contributed by atoms with Gasteiger partial charge in [-0.25, -0.2) is 0 Å². The van der Waals surface area contributed by atoms with E-state index in [-0.39, 0.29) is 18.3 Å². The summed E-state index contributed by atoms with van der Waals surface area (Å²) < 4.78 is 5.26. The van der Waals surface area contributed by atoms with Gasteiger partial charge in [0, 0.05) is 13.6 Å². The first kappa shape index (κ1) is 17.4. The minimum Gasteiger partial charge on any atom is -0.476 e. The lowest BCUT2D eigenvalue weighted by Gasteiger charge is -2.17. The quantitative estimate of drug-likeness (QED) is 0.576. The van der Waals surface area contributed by atoms with Crippen LogP contribution in [-0.4, -0.2) is 34.4 Å². The average molecular weight is 329 g/mol. The third-order valence-electron chi connectivity index (χ3n) is 3.55. The van der Waals surface area contributed by atoms with Gasteiger partial charge in [-0.3, -0.25) is 4.79 Å². The van der Waals surface area contributed by atoms with Crippen LogP contribution in [-0.2, 0) is 17.8 Å². The minimum atomic E-state index is -0.640. The summed E-state index contributed by atoms with van der Waals surface area (Å²) in [6.07, 6.45) is 2.27. The third-order valence-corrected chi connectivity index (χ3v) is 3.55. The number of amides is 1. The van der Waals surface area contributed by atoms with Crippen molar-refractivity contribution in [3.8, 4) is 5.75 Å². The van der Waals surface area contributed by atoms with Gasteiger partial charge in [-0.15, -0.1) is 0 Å². The van der Waals surface area contributed by atoms with Crippen LogP contribution in [0.2, 0.25) is 0 Å². The minimum absolute atomic E-state index is 0.0171. The number of aromatic nitrogens is 1. The van der Waals surface area contributed by atoms with Gasteiger partial charge in [-0.1, -0.05) is 31.2 Å². The Labute approximate surface area is 140 Å². The zero-order valence-electron chi connectivity index (χ0n) is 13.6. The van der Waals surface area contributed by atoms with Crippen molar-refractivity contribution in [1.82, 2.24) is 9.88 Å². The molecule has 0 aliphatic carbocycles. The highest BCUT2D eigenvalue weighted by molar-refractivity contribution is 5.77. The molecule has 1 aromatic heterocycles. The second-order valence-electron chi connectivity index (χ2n) is 5.29. The number of carbonyl (C=O) groups is 1. The molecule has 0 bridgehead atoms. The van der Waals surface area contributed by atoms with E-state index in [1.807, 2.05) is 24.3 Å². The highest BCUT2D eigenvalue weighted by atomic mass is 16.6. The molecule has 7 heteroatoms. The summed E-state index contributed by atoms with van der Waals surface area (Å²) in [6, 6.07) is 11.0. The molecule has 0 saturated heterocycles. The maximum atomic E-state index is 12.1. The normalized spacial score (nSPS) is 10.2. The highest BCUT2D eigenvalue weighted by Crippen LogP contribution is 2.22. The predicted octanol–water partition coefficient (Wildman–Crippen LogP) is 2.59. The van der Waals surface area contributed by atoms with E-state index in [0.29, 0.717) is 6.54 Å². The van der Waals surface area contributed by atoms with Gasteiger partial charge in [0.15, 0.2) is 6.61 Å². The second-order valence-corrected chi connectivity index (χ2v) is 5.29. The summed E-state index contributed by atoms with van der Waals surface area (Å²) in [5.74, 6) is -0.688. The summed E-state index contributed by atoms with van der Waals surface area (Å²) in [5.41, 5.74) is 2.25. The van der Waals surface area contributed by atoms with Crippen molar-refractivity contribution >= 4 is 11.7 Å². The van der Waals surface area contributed by atoms with Crippen LogP contribution < -0.4 is 4.74 Å². The standard InChI is InChI=1S/C17H19N3O4/c1-3-13-6-8-14(9-7-13)11-19(2)16(21)12-24-15-5-4-10-18-17(15)20(22)23/h4-10H,3,11-12H2,1-2H3. The Hall–Kier alpha value is -2.96. The van der Waals surface area contributed by atoms with Crippen LogP contribution in [0, 0.1) is 10.1 Å². The van der Waals surface area contributed by atoms with Crippen molar-refractivity contribution in [2.75, 3.05) is 13.7 Å². The van der Waals surface area contributed by atoms with Gasteiger partial charge in [-0.05, 0) is 39.6 Å². The SMILES string of the molecule is CCc1ccc(CN(C)C(=O)COc2cccnc2[N+](=O)[O-])cc1. The smallest absolute Gasteiger partial charge is 0.406 e. The third kappa shape index (κ3) is 4.52. The van der Waals surface area contributed by atoms with E-state index in [9.17, 15) is 14.9 Å². The largest absolute Gasteiger partial charge is 0.476 e. The Balaban J connectivity index is 1.93. The molecule has 24 heavy (non-hydrogen) atoms. The number of aryl methyl sites for hydroxylation is 1. The fraction of sp³-hybridized carbons (Fsp3) is 0.294. The van der Waals surface area contributed by atoms with E-state index in [4.69, 9.17) is 4.74 Å². The number of likely N-dealkylation sites (N-methyl/N-ethyl adjacent to an activating group) is 1. The molecule has 0 aliphatic heterocycles. The molecule has 0 fully saturated rings. The number of pyridine rings is 1. The number of benzene rings is 1. The molecule has 2 aromatic rings. The van der Waals surface area contributed by atoms with Gasteiger partial charge < -0.3 is 19.8 Å². The number of nitrogens with zero attached hydrogens (tertiary/aromatic N) is 3. The Bertz CT molecular complexity index is 716. The van der Waals surface area contributed by atoms with E-state index in [1.54, 1.807) is 7.05 Å². The second kappa shape index (κ2) is 8.05. The summed E-state index contributed by atoms with van der Waals surface area (Å²) in [5, 5.41) is 10.9. The molecule has 2 rings (SSSR count). The summed E-state index contributed by atoms with van der Waals surface area (Å²) in [4.78, 5) is 27.5. The Morgan fingerprint density at radius 2 is 1.92 bits per heavy atom. The van der Waals surface area contributed by atoms with Crippen LogP contribution in [0.5, 0.6) is 5.75 Å². The molecule has 0 atom stereocenters. The van der Waals surface area contributed by atoms with Crippen molar-refractivity contribution in [3.63, 3.8) is 0 Å². The molecule has 7 nitrogen and oxygen atoms in total. The molecular weight excluding hydrogens is 310 g/mol. The van der Waals surface area contributed by atoms with Crippen molar-refractivity contribution < 1.29 is 14.5 Å². The van der Waals surface area contributed by atoms with Gasteiger partial charge in [0.25, 0.3) is 5.91 Å². The first-order valence-corrected chi connectivity index (χ1v) is 7.55. The maximum Gasteiger partial charge on any atom is 0.406 e. The van der Waals surface area contributed by atoms with Gasteiger partial charge in [0.05, 0.1) is 0 Å². The van der Waals surface area contributed by atoms with Crippen molar-refractivity contribution in [2.45, 2.75) is 19.9 Å². The number of hydrogen-bond acceptors (Lipinski definition) is 5. The van der Waals surface area contributed by atoms with E-state index in [0.717, 1.165) is 12.0 Å². The zero-order chi connectivity index (χ0) is 17.5. The van der Waals surface area contributed by atoms with Crippen molar-refractivity contribution in [3.05, 3.63) is 63.8 Å². The predicted molar refractivity (Wildman–Crippen MR) is 88.7 cm³/mol. The van der Waals surface area contributed by atoms with Crippen LogP contribution in [0.3, 0.4) is 0 Å². The Morgan fingerprint density at radius 1 is 1.25 bits per heavy atom. The number of rotatable bonds is 7. The lowest BCUT2D eigenvalue weighted by Crippen LogP contribution is -2.31. The first-order chi connectivity index (χ1) is 11.5. The molecule has 1 aromatic carbocycles. The van der Waals surface area contributed by atoms with E-state index >= 15 is 0 Å². The van der Waals surface area contributed by atoms with E-state index in [1.165, 1.54) is 28.8 Å². The topological polar surface area (TPSA) is 85.6 Å². The average Bonchev–Trinajstić information content (AvgIpc) is 2.60. The number of ether oxygens (including phenoxy) is 1. The van der Waals surface area contributed by atoms with Gasteiger partial charge >= 0.3 is 5.82 Å². The summed E-state index contributed by atoms with van der Waals surface area (Å²) >= 11 is 0. The molecule has 126 valence electrons. The molecular formula is C17H19N3O4. The molecule has 1 heterocycles. The van der Waals surface area contributed by atoms with Crippen LogP contribution in [0.1, 0.15) is 18.1 Å². The monoisotopic (exact) mass is 329 g/mol. The zero-order valence-corrected chi connectivity index (χ0v) is 13.6. The molecule has 0 saturated carbocycles. The lowest BCUT2D eigenvalue weighted by molar-refractivity contribution is -0.390. The van der Waals surface area contributed by atoms with Crippen LogP contribution in [0.4, 0.5) is 5.82 Å². The molecule has 0 spiro atoms. The Kier molecular flexibility index (Phi) is 5.83. The van der Waals surface area contributed by atoms with Crippen LogP contribution >= 0.6 is 0 Å². The maximum absolute atomic E-state index is 12.1. The highest BCUT2D eigenvalue weighted by Gasteiger charge is 2.18. The van der Waals surface area contributed by atoms with E-state index in [2.05, 4.69) is 11.9 Å². The Morgan fingerprint density at radius 3 is 2.54 bits per heavy atom. The van der Waals surface area contributed by atoms with Gasteiger partial charge in [-0.2, -0.15) is 0 Å². The van der Waals surface area contributed by atoms with E-state index < -0.39 is 10.7 Å². The van der Waals surface area contributed by atoms with Crippen LogP contribution in [0.15, 0.2) is 42.6 Å². The lowest BCUT2D eigenvalue weighted by atomic mass is 10.1. The number of nitro groups is 1. The first-order valence-electron chi connectivity index (χ1n) is 7.55. The van der Waals surface area contributed by atoms with Crippen molar-refractivity contribution in [2.24, 2.45) is 0 Å². The summed E-state index contributed by atoms with van der Waals surface area (Å²) in [7, 11) is 1.66. The van der Waals surface area contributed by atoms with Gasteiger partial charge in [0.1, 0.15) is 6.20 Å². The molecule has 0 radical (unpaired) electrons. The van der Waals surface area contributed by atoms with Crippen LogP contribution in [0.25, 0.3) is 0 Å². The molecule has 0 N–H and O–H groups in total. The molecule has 0 unspecified atom stereocenters.